The highest BCUT2D eigenvalue weighted by atomic mass is 28.4. The van der Waals surface area contributed by atoms with Gasteiger partial charge >= 0.3 is 6.18 Å². The molecule has 0 radical (unpaired) electrons. The number of rotatable bonds is 6. The van der Waals surface area contributed by atoms with Crippen molar-refractivity contribution in [3.05, 3.63) is 63.5 Å². The highest BCUT2D eigenvalue weighted by molar-refractivity contribution is 6.74. The molecule has 2 fully saturated rings. The molecule has 0 unspecified atom stereocenters. The fraction of sp³-hybridized carbons (Fsp3) is 0.676. The molecular formula is C34H48F3NO2Si. The molecule has 0 saturated heterocycles. The zero-order valence-corrected chi connectivity index (χ0v) is 26.9. The lowest BCUT2D eigenvalue weighted by Crippen LogP contribution is -2.46. The van der Waals surface area contributed by atoms with Gasteiger partial charge in [-0.1, -0.05) is 66.0 Å². The molecule has 1 aromatic carbocycles. The summed E-state index contributed by atoms with van der Waals surface area (Å²) in [6.45, 7) is 15.7. The summed E-state index contributed by atoms with van der Waals surface area (Å²) in [5.74, 6) is 0.364. The fourth-order valence-corrected chi connectivity index (χ4v) is 8.48. The highest BCUT2D eigenvalue weighted by Gasteiger charge is 2.50. The van der Waals surface area contributed by atoms with Crippen LogP contribution in [0.2, 0.25) is 18.1 Å². The minimum atomic E-state index is -4.42. The van der Waals surface area contributed by atoms with E-state index >= 15 is 0 Å². The van der Waals surface area contributed by atoms with Gasteiger partial charge in [0.2, 0.25) is 0 Å². The third-order valence-corrected chi connectivity index (χ3v) is 15.2. The van der Waals surface area contributed by atoms with Crippen LogP contribution in [-0.2, 0) is 17.0 Å². The molecule has 3 aliphatic rings. The molecule has 0 aliphatic heterocycles. The second-order valence-electron chi connectivity index (χ2n) is 14.9. The molecule has 2 atom stereocenters. The summed E-state index contributed by atoms with van der Waals surface area (Å²) in [7, 11) is -2.14. The molecule has 0 bridgehead atoms. The average Bonchev–Trinajstić information content (AvgIpc) is 3.39. The van der Waals surface area contributed by atoms with Crippen LogP contribution < -0.4 is 0 Å². The largest absolute Gasteiger partial charge is 0.416 e. The second kappa shape index (κ2) is 10.8. The third kappa shape index (κ3) is 5.80. The number of fused-ring (bicyclic) bond motifs is 1. The van der Waals surface area contributed by atoms with Crippen molar-refractivity contribution in [2.45, 2.75) is 141 Å². The summed E-state index contributed by atoms with van der Waals surface area (Å²) in [6.07, 6.45) is 4.48. The van der Waals surface area contributed by atoms with E-state index < -0.39 is 26.2 Å². The number of pyridine rings is 1. The molecule has 3 nitrogen and oxygen atoms in total. The number of halogens is 3. The van der Waals surface area contributed by atoms with Crippen LogP contribution in [0.1, 0.15) is 149 Å². The van der Waals surface area contributed by atoms with Gasteiger partial charge in [0.05, 0.1) is 11.7 Å². The lowest BCUT2D eigenvalue weighted by molar-refractivity contribution is -0.137. The Bertz CT molecular complexity index is 1250. The van der Waals surface area contributed by atoms with Gasteiger partial charge in [0, 0.05) is 22.5 Å². The number of aromatic nitrogens is 1. The first-order chi connectivity index (χ1) is 19.0. The van der Waals surface area contributed by atoms with Gasteiger partial charge in [-0.25, -0.2) is 0 Å². The van der Waals surface area contributed by atoms with Gasteiger partial charge in [-0.2, -0.15) is 13.2 Å². The van der Waals surface area contributed by atoms with Crippen molar-refractivity contribution >= 4 is 8.32 Å². The molecule has 5 rings (SSSR count). The van der Waals surface area contributed by atoms with Crippen LogP contribution in [0.4, 0.5) is 13.2 Å². The molecular weight excluding hydrogens is 539 g/mol. The molecule has 1 aromatic heterocycles. The van der Waals surface area contributed by atoms with E-state index in [2.05, 4.69) is 47.7 Å². The number of hydrogen-bond donors (Lipinski definition) is 1. The van der Waals surface area contributed by atoms with Crippen molar-refractivity contribution in [2.24, 2.45) is 5.41 Å². The molecule has 3 aliphatic carbocycles. The molecule has 1 spiro atoms. The van der Waals surface area contributed by atoms with Crippen LogP contribution in [0.3, 0.4) is 0 Å². The van der Waals surface area contributed by atoms with Crippen LogP contribution in [0, 0.1) is 5.41 Å². The third-order valence-electron chi connectivity index (χ3n) is 10.7. The standard InChI is InChI=1S/C34H48F3NO2Si/c1-21(2)30-29(31(39)23-13-15-24(16-14-23)34(35,36)37)27(22-11-8-9-12-22)28-25(38-30)19-33(17-10-18-33)20-26(28)40-41(6,7)32(3,4)5/h13-16,21-22,26,31,39H,8-12,17-20H2,1-7H3/t26-,31-/m0/s1. The monoisotopic (exact) mass is 587 g/mol. The normalized spacial score (nSPS) is 22.2. The first-order valence-electron chi connectivity index (χ1n) is 15.6. The molecule has 2 saturated carbocycles. The van der Waals surface area contributed by atoms with Crippen molar-refractivity contribution in [1.29, 1.82) is 0 Å². The Morgan fingerprint density at radius 1 is 0.976 bits per heavy atom. The maximum Gasteiger partial charge on any atom is 0.416 e. The van der Waals surface area contributed by atoms with Crippen molar-refractivity contribution in [3.63, 3.8) is 0 Å². The predicted molar refractivity (Wildman–Crippen MR) is 161 cm³/mol. The summed E-state index contributed by atoms with van der Waals surface area (Å²) < 4.78 is 47.3. The van der Waals surface area contributed by atoms with Crippen LogP contribution in [0.15, 0.2) is 24.3 Å². The Morgan fingerprint density at radius 3 is 2.07 bits per heavy atom. The number of aliphatic hydroxyl groups is 1. The van der Waals surface area contributed by atoms with Crippen LogP contribution in [0.25, 0.3) is 0 Å². The Balaban J connectivity index is 1.72. The Kier molecular flexibility index (Phi) is 8.08. The Hall–Kier alpha value is -1.70. The van der Waals surface area contributed by atoms with E-state index in [-0.39, 0.29) is 22.5 Å². The Labute approximate surface area is 245 Å². The van der Waals surface area contributed by atoms with E-state index in [1.165, 1.54) is 42.5 Å². The maximum atomic E-state index is 13.3. The number of hydrogen-bond acceptors (Lipinski definition) is 3. The average molecular weight is 588 g/mol. The van der Waals surface area contributed by atoms with Gasteiger partial charge in [0.15, 0.2) is 8.32 Å². The molecule has 226 valence electrons. The molecule has 1 heterocycles. The Morgan fingerprint density at radius 2 is 1.59 bits per heavy atom. The summed E-state index contributed by atoms with van der Waals surface area (Å²) in [5.41, 5.74) is 5.26. The number of alkyl halides is 3. The van der Waals surface area contributed by atoms with Crippen LogP contribution in [0.5, 0.6) is 0 Å². The number of nitrogens with zero attached hydrogens (tertiary/aromatic N) is 1. The lowest BCUT2D eigenvalue weighted by Gasteiger charge is -2.51. The summed E-state index contributed by atoms with van der Waals surface area (Å²) in [4.78, 5) is 5.36. The molecule has 7 heteroatoms. The SMILES string of the molecule is CC(C)c1nc2c(c(C3CCCC3)c1[C@@H](O)c1ccc(C(F)(F)F)cc1)[C@@H](O[Si](C)(C)C(C)(C)C)CC1(CCC1)C2. The van der Waals surface area contributed by atoms with Gasteiger partial charge in [0.1, 0.15) is 6.10 Å². The summed E-state index contributed by atoms with van der Waals surface area (Å²) >= 11 is 0. The van der Waals surface area contributed by atoms with E-state index in [0.717, 1.165) is 67.6 Å². The summed E-state index contributed by atoms with van der Waals surface area (Å²) in [5, 5.41) is 12.1. The zero-order chi connectivity index (χ0) is 30.0. The van der Waals surface area contributed by atoms with Crippen LogP contribution >= 0.6 is 0 Å². The quantitative estimate of drug-likeness (QED) is 0.342. The van der Waals surface area contributed by atoms with Gasteiger partial charge in [-0.05, 0) is 97.2 Å². The van der Waals surface area contributed by atoms with Gasteiger partial charge < -0.3 is 9.53 Å². The minimum absolute atomic E-state index is 0.0543. The minimum Gasteiger partial charge on any atom is -0.410 e. The van der Waals surface area contributed by atoms with E-state index in [1.54, 1.807) is 0 Å². The van der Waals surface area contributed by atoms with Crippen molar-refractivity contribution in [3.8, 4) is 0 Å². The lowest BCUT2D eigenvalue weighted by atomic mass is 9.59. The summed E-state index contributed by atoms with van der Waals surface area (Å²) in [6, 6.07) is 5.03. The van der Waals surface area contributed by atoms with E-state index in [0.29, 0.717) is 11.5 Å². The molecule has 41 heavy (non-hydrogen) atoms. The van der Waals surface area contributed by atoms with Crippen molar-refractivity contribution in [2.75, 3.05) is 0 Å². The molecule has 1 N–H and O–H groups in total. The van der Waals surface area contributed by atoms with Crippen LogP contribution in [-0.4, -0.2) is 18.4 Å². The van der Waals surface area contributed by atoms with E-state index in [9.17, 15) is 18.3 Å². The second-order valence-corrected chi connectivity index (χ2v) is 19.7. The van der Waals surface area contributed by atoms with E-state index in [1.807, 2.05) is 0 Å². The number of aliphatic hydroxyl groups excluding tert-OH is 1. The zero-order valence-electron chi connectivity index (χ0n) is 25.9. The topological polar surface area (TPSA) is 42.4 Å². The smallest absolute Gasteiger partial charge is 0.410 e. The molecule has 2 aromatic rings. The molecule has 0 amide bonds. The first-order valence-corrected chi connectivity index (χ1v) is 18.5. The van der Waals surface area contributed by atoms with Gasteiger partial charge in [-0.15, -0.1) is 0 Å². The first kappa shape index (κ1) is 30.7. The van der Waals surface area contributed by atoms with Gasteiger partial charge in [-0.3, -0.25) is 4.98 Å². The fourth-order valence-electron chi connectivity index (χ4n) is 7.21. The number of benzene rings is 1. The highest BCUT2D eigenvalue weighted by Crippen LogP contribution is 2.58. The maximum absolute atomic E-state index is 13.3. The van der Waals surface area contributed by atoms with Crippen molar-refractivity contribution in [1.82, 2.24) is 4.98 Å². The predicted octanol–water partition coefficient (Wildman–Crippen LogP) is 10.1. The van der Waals surface area contributed by atoms with Gasteiger partial charge in [0.25, 0.3) is 0 Å². The van der Waals surface area contributed by atoms with Crippen molar-refractivity contribution < 1.29 is 22.7 Å². The van der Waals surface area contributed by atoms with E-state index in [4.69, 9.17) is 9.41 Å².